The number of ketones is 1. The molecule has 0 aliphatic carbocycles. The first-order chi connectivity index (χ1) is 14.2. The molecule has 0 saturated heterocycles. The van der Waals surface area contributed by atoms with Gasteiger partial charge in [0.15, 0.2) is 17.6 Å². The first-order valence-electron chi connectivity index (χ1n) is 9.13. The zero-order valence-electron chi connectivity index (χ0n) is 15.5. The maximum Gasteiger partial charge on any atom is 0.331 e. The highest BCUT2D eigenvalue weighted by atomic mass is 16.7. The Balaban J connectivity index is 1.52. The highest BCUT2D eigenvalue weighted by molar-refractivity contribution is 6.01. The number of hydrogen-bond acceptors (Lipinski definition) is 5. The Morgan fingerprint density at radius 3 is 2.31 bits per heavy atom. The normalized spacial score (nSPS) is 13.2. The number of fused-ring (bicyclic) bond motifs is 1. The summed E-state index contributed by atoms with van der Waals surface area (Å²) in [4.78, 5) is 25.4. The lowest BCUT2D eigenvalue weighted by Gasteiger charge is -2.16. The van der Waals surface area contributed by atoms with E-state index in [0.29, 0.717) is 22.6 Å². The van der Waals surface area contributed by atoms with Crippen molar-refractivity contribution in [2.24, 2.45) is 0 Å². The van der Waals surface area contributed by atoms with Crippen molar-refractivity contribution in [1.29, 1.82) is 0 Å². The van der Waals surface area contributed by atoms with Gasteiger partial charge in [-0.2, -0.15) is 0 Å². The fourth-order valence-electron chi connectivity index (χ4n) is 2.99. The molecular weight excluding hydrogens is 368 g/mol. The van der Waals surface area contributed by atoms with Gasteiger partial charge in [-0.05, 0) is 23.8 Å². The maximum atomic E-state index is 13.0. The van der Waals surface area contributed by atoms with E-state index in [1.807, 2.05) is 12.1 Å². The van der Waals surface area contributed by atoms with Crippen LogP contribution in [0.3, 0.4) is 0 Å². The Labute approximate surface area is 168 Å². The Kier molecular flexibility index (Phi) is 5.38. The van der Waals surface area contributed by atoms with Crippen LogP contribution < -0.4 is 9.47 Å². The first-order valence-corrected chi connectivity index (χ1v) is 9.13. The second-order valence-electron chi connectivity index (χ2n) is 6.40. The Morgan fingerprint density at radius 2 is 1.55 bits per heavy atom. The Morgan fingerprint density at radius 1 is 0.862 bits per heavy atom. The predicted octanol–water partition coefficient (Wildman–Crippen LogP) is 4.60. The van der Waals surface area contributed by atoms with Crippen LogP contribution >= 0.6 is 0 Å². The van der Waals surface area contributed by atoms with E-state index in [9.17, 15) is 9.59 Å². The molecule has 1 heterocycles. The third-order valence-electron chi connectivity index (χ3n) is 4.44. The van der Waals surface area contributed by atoms with Gasteiger partial charge in [-0.15, -0.1) is 0 Å². The molecule has 5 nitrogen and oxygen atoms in total. The second-order valence-corrected chi connectivity index (χ2v) is 6.40. The summed E-state index contributed by atoms with van der Waals surface area (Å²) in [6.45, 7) is 0.185. The van der Waals surface area contributed by atoms with Crippen LogP contribution in [0.5, 0.6) is 11.5 Å². The molecule has 0 aromatic heterocycles. The molecule has 29 heavy (non-hydrogen) atoms. The van der Waals surface area contributed by atoms with Gasteiger partial charge in [0.1, 0.15) is 0 Å². The zero-order valence-corrected chi connectivity index (χ0v) is 15.5. The summed E-state index contributed by atoms with van der Waals surface area (Å²) in [5, 5.41) is 0. The number of carbonyl (C=O) groups excluding carboxylic acids is 2. The molecule has 5 heteroatoms. The minimum absolute atomic E-state index is 0.185. The quantitative estimate of drug-likeness (QED) is 0.352. The van der Waals surface area contributed by atoms with E-state index in [1.165, 1.54) is 6.08 Å². The predicted molar refractivity (Wildman–Crippen MR) is 108 cm³/mol. The SMILES string of the molecule is O=C(/C=C/c1ccc2c(c1)OCO2)O[C@H](C(=O)c1ccccc1)c1ccccc1. The van der Waals surface area contributed by atoms with Crippen LogP contribution in [0.2, 0.25) is 0 Å². The molecule has 0 bridgehead atoms. The Hall–Kier alpha value is -3.86. The lowest BCUT2D eigenvalue weighted by Crippen LogP contribution is -2.19. The van der Waals surface area contributed by atoms with Gasteiger partial charge in [0.2, 0.25) is 12.6 Å². The van der Waals surface area contributed by atoms with E-state index in [0.717, 1.165) is 5.56 Å². The summed E-state index contributed by atoms with van der Waals surface area (Å²) in [5.41, 5.74) is 1.86. The third kappa shape index (κ3) is 4.35. The van der Waals surface area contributed by atoms with Gasteiger partial charge in [-0.3, -0.25) is 4.79 Å². The van der Waals surface area contributed by atoms with Crippen molar-refractivity contribution >= 4 is 17.8 Å². The van der Waals surface area contributed by atoms with Crippen LogP contribution in [0.1, 0.15) is 27.6 Å². The fraction of sp³-hybridized carbons (Fsp3) is 0.0833. The lowest BCUT2D eigenvalue weighted by atomic mass is 10.00. The van der Waals surface area contributed by atoms with Crippen LogP contribution in [-0.4, -0.2) is 18.5 Å². The molecule has 0 radical (unpaired) electrons. The van der Waals surface area contributed by atoms with Crippen LogP contribution in [0.4, 0.5) is 0 Å². The number of esters is 1. The van der Waals surface area contributed by atoms with Crippen LogP contribution in [0.25, 0.3) is 6.08 Å². The van der Waals surface area contributed by atoms with Crippen molar-refractivity contribution < 1.29 is 23.8 Å². The Bertz CT molecular complexity index is 1040. The van der Waals surface area contributed by atoms with Gasteiger partial charge >= 0.3 is 5.97 Å². The standard InChI is InChI=1S/C24H18O5/c25-22(14-12-17-11-13-20-21(15-17)28-16-27-20)29-24(19-9-5-2-6-10-19)23(26)18-7-3-1-4-8-18/h1-15,24H,16H2/b14-12+/t24-/m0/s1. The minimum Gasteiger partial charge on any atom is -0.454 e. The third-order valence-corrected chi connectivity index (χ3v) is 4.44. The summed E-state index contributed by atoms with van der Waals surface area (Å²) in [6, 6.07) is 23.1. The molecule has 0 N–H and O–H groups in total. The molecule has 1 aliphatic heterocycles. The molecular formula is C24H18O5. The van der Waals surface area contributed by atoms with E-state index >= 15 is 0 Å². The summed E-state index contributed by atoms with van der Waals surface area (Å²) in [5.74, 6) is 0.409. The molecule has 3 aromatic carbocycles. The topological polar surface area (TPSA) is 61.8 Å². The molecule has 1 atom stereocenters. The van der Waals surface area contributed by atoms with E-state index in [1.54, 1.807) is 72.8 Å². The number of benzene rings is 3. The van der Waals surface area contributed by atoms with Crippen molar-refractivity contribution in [2.75, 3.05) is 6.79 Å². The van der Waals surface area contributed by atoms with E-state index < -0.39 is 12.1 Å². The average Bonchev–Trinajstić information content (AvgIpc) is 3.25. The van der Waals surface area contributed by atoms with Crippen LogP contribution in [0, 0.1) is 0 Å². The fourth-order valence-corrected chi connectivity index (χ4v) is 2.99. The van der Waals surface area contributed by atoms with Gasteiger partial charge in [-0.1, -0.05) is 66.7 Å². The van der Waals surface area contributed by atoms with Crippen molar-refractivity contribution in [2.45, 2.75) is 6.10 Å². The smallest absolute Gasteiger partial charge is 0.331 e. The average molecular weight is 386 g/mol. The lowest BCUT2D eigenvalue weighted by molar-refractivity contribution is -0.141. The molecule has 0 saturated carbocycles. The molecule has 0 unspecified atom stereocenters. The summed E-state index contributed by atoms with van der Waals surface area (Å²) in [7, 11) is 0. The van der Waals surface area contributed by atoms with Gasteiger partial charge in [0, 0.05) is 17.2 Å². The molecule has 1 aliphatic rings. The summed E-state index contributed by atoms with van der Waals surface area (Å²) < 4.78 is 16.1. The van der Waals surface area contributed by atoms with Crippen molar-refractivity contribution in [3.8, 4) is 11.5 Å². The molecule has 0 spiro atoms. The van der Waals surface area contributed by atoms with Crippen LogP contribution in [-0.2, 0) is 9.53 Å². The number of rotatable bonds is 6. The van der Waals surface area contributed by atoms with Gasteiger partial charge in [0.05, 0.1) is 0 Å². The maximum absolute atomic E-state index is 13.0. The molecule has 144 valence electrons. The highest BCUT2D eigenvalue weighted by Crippen LogP contribution is 2.32. The molecule has 4 rings (SSSR count). The van der Waals surface area contributed by atoms with Gasteiger partial charge < -0.3 is 14.2 Å². The van der Waals surface area contributed by atoms with Crippen molar-refractivity contribution in [3.05, 3.63) is 102 Å². The number of Topliss-reactive ketones (excluding diaryl/α,β-unsaturated/α-hetero) is 1. The number of carbonyl (C=O) groups is 2. The van der Waals surface area contributed by atoms with Crippen LogP contribution in [0.15, 0.2) is 84.9 Å². The van der Waals surface area contributed by atoms with E-state index in [2.05, 4.69) is 0 Å². The minimum atomic E-state index is -1.02. The largest absolute Gasteiger partial charge is 0.454 e. The van der Waals surface area contributed by atoms with Crippen molar-refractivity contribution in [3.63, 3.8) is 0 Å². The first kappa shape index (κ1) is 18.5. The van der Waals surface area contributed by atoms with Gasteiger partial charge in [-0.25, -0.2) is 4.79 Å². The summed E-state index contributed by atoms with van der Waals surface area (Å²) >= 11 is 0. The molecule has 0 amide bonds. The summed E-state index contributed by atoms with van der Waals surface area (Å²) in [6.07, 6.45) is 1.89. The number of hydrogen-bond donors (Lipinski definition) is 0. The van der Waals surface area contributed by atoms with Crippen molar-refractivity contribution in [1.82, 2.24) is 0 Å². The molecule has 3 aromatic rings. The number of ether oxygens (including phenoxy) is 3. The molecule has 0 fully saturated rings. The van der Waals surface area contributed by atoms with E-state index in [4.69, 9.17) is 14.2 Å². The highest BCUT2D eigenvalue weighted by Gasteiger charge is 2.25. The van der Waals surface area contributed by atoms with Gasteiger partial charge in [0.25, 0.3) is 0 Å². The second kappa shape index (κ2) is 8.44. The monoisotopic (exact) mass is 386 g/mol. The van der Waals surface area contributed by atoms with E-state index in [-0.39, 0.29) is 12.6 Å². The zero-order chi connectivity index (χ0) is 20.1.